The van der Waals surface area contributed by atoms with Crippen LogP contribution >= 0.6 is 22.9 Å². The van der Waals surface area contributed by atoms with Crippen LogP contribution in [0.1, 0.15) is 39.5 Å². The first kappa shape index (κ1) is 14.2. The van der Waals surface area contributed by atoms with Crippen LogP contribution in [0.4, 0.5) is 5.13 Å². The number of fused-ring (bicyclic) bond motifs is 1. The van der Waals surface area contributed by atoms with E-state index in [1.54, 1.807) is 11.3 Å². The van der Waals surface area contributed by atoms with Crippen LogP contribution in [-0.4, -0.2) is 11.0 Å². The second kappa shape index (κ2) is 5.90. The maximum Gasteiger partial charge on any atom is 0.184 e. The number of thiazole rings is 1. The summed E-state index contributed by atoms with van der Waals surface area (Å²) in [5.74, 6) is 1.48. The summed E-state index contributed by atoms with van der Waals surface area (Å²) >= 11 is 7.91. The third-order valence-corrected chi connectivity index (χ3v) is 5.81. The number of benzene rings is 1. The molecule has 4 heteroatoms. The highest BCUT2D eigenvalue weighted by Crippen LogP contribution is 2.36. The second-order valence-corrected chi connectivity index (χ2v) is 7.46. The molecule has 1 aromatic heterocycles. The van der Waals surface area contributed by atoms with Crippen molar-refractivity contribution < 1.29 is 0 Å². The van der Waals surface area contributed by atoms with E-state index in [9.17, 15) is 0 Å². The van der Waals surface area contributed by atoms with Crippen molar-refractivity contribution in [3.8, 4) is 0 Å². The number of halogens is 1. The summed E-state index contributed by atoms with van der Waals surface area (Å²) in [6.07, 6.45) is 5.28. The third-order valence-electron chi connectivity index (χ3n) is 4.35. The lowest BCUT2D eigenvalue weighted by atomic mass is 9.78. The molecule has 1 N–H and O–H groups in total. The maximum atomic E-state index is 6.23. The zero-order valence-electron chi connectivity index (χ0n) is 12.0. The van der Waals surface area contributed by atoms with Crippen molar-refractivity contribution in [1.29, 1.82) is 0 Å². The summed E-state index contributed by atoms with van der Waals surface area (Å²) < 4.78 is 1.09. The van der Waals surface area contributed by atoms with Crippen LogP contribution in [0, 0.1) is 11.8 Å². The molecule has 0 aliphatic heterocycles. The molecule has 20 heavy (non-hydrogen) atoms. The number of nitrogens with zero attached hydrogens (tertiary/aromatic N) is 1. The van der Waals surface area contributed by atoms with Crippen molar-refractivity contribution in [2.75, 3.05) is 5.32 Å². The lowest BCUT2D eigenvalue weighted by molar-refractivity contribution is 0.254. The summed E-state index contributed by atoms with van der Waals surface area (Å²) in [6.45, 7) is 4.67. The molecule has 0 bridgehead atoms. The number of hydrogen-bond acceptors (Lipinski definition) is 3. The molecule has 0 radical (unpaired) electrons. The Labute approximate surface area is 129 Å². The molecule has 0 spiro atoms. The summed E-state index contributed by atoms with van der Waals surface area (Å²) in [6, 6.07) is 6.49. The van der Waals surface area contributed by atoms with Crippen LogP contribution in [-0.2, 0) is 0 Å². The van der Waals surface area contributed by atoms with Gasteiger partial charge < -0.3 is 5.32 Å². The number of hydrogen-bond donors (Lipinski definition) is 1. The SMILES string of the molecule is CC(C)C1CCCCC1Nc1nc2cccc(Cl)c2s1. The summed E-state index contributed by atoms with van der Waals surface area (Å²) in [5, 5.41) is 5.50. The fourth-order valence-electron chi connectivity index (χ4n) is 3.27. The molecule has 1 heterocycles. The fraction of sp³-hybridized carbons (Fsp3) is 0.562. The van der Waals surface area contributed by atoms with Crippen LogP contribution < -0.4 is 5.32 Å². The highest BCUT2D eigenvalue weighted by Gasteiger charge is 2.28. The van der Waals surface area contributed by atoms with Gasteiger partial charge >= 0.3 is 0 Å². The lowest BCUT2D eigenvalue weighted by Crippen LogP contribution is -2.35. The van der Waals surface area contributed by atoms with Crippen LogP contribution in [0.15, 0.2) is 18.2 Å². The quantitative estimate of drug-likeness (QED) is 0.801. The standard InChI is InChI=1S/C16H21ClN2S/c1-10(2)11-6-3-4-8-13(11)18-16-19-14-9-5-7-12(17)15(14)20-16/h5,7,9-11,13H,3-4,6,8H2,1-2H3,(H,18,19). The Bertz CT molecular complexity index is 593. The molecule has 1 fully saturated rings. The van der Waals surface area contributed by atoms with E-state index >= 15 is 0 Å². The first-order chi connectivity index (χ1) is 9.65. The number of rotatable bonds is 3. The first-order valence-electron chi connectivity index (χ1n) is 7.46. The van der Waals surface area contributed by atoms with E-state index in [2.05, 4.69) is 24.1 Å². The summed E-state index contributed by atoms with van der Waals surface area (Å²) in [5.41, 5.74) is 1.00. The van der Waals surface area contributed by atoms with Gasteiger partial charge in [0.15, 0.2) is 5.13 Å². The van der Waals surface area contributed by atoms with Crippen molar-refractivity contribution in [3.05, 3.63) is 23.2 Å². The van der Waals surface area contributed by atoms with E-state index in [-0.39, 0.29) is 0 Å². The van der Waals surface area contributed by atoms with Crippen molar-refractivity contribution in [1.82, 2.24) is 4.98 Å². The largest absolute Gasteiger partial charge is 0.358 e. The molecule has 0 amide bonds. The Balaban J connectivity index is 1.82. The predicted octanol–water partition coefficient (Wildman–Crippen LogP) is 5.58. The van der Waals surface area contributed by atoms with E-state index in [0.717, 1.165) is 32.2 Å². The van der Waals surface area contributed by atoms with Gasteiger partial charge in [0.25, 0.3) is 0 Å². The van der Waals surface area contributed by atoms with Crippen molar-refractivity contribution in [3.63, 3.8) is 0 Å². The lowest BCUT2D eigenvalue weighted by Gasteiger charge is -2.34. The number of anilines is 1. The maximum absolute atomic E-state index is 6.23. The summed E-state index contributed by atoms with van der Waals surface area (Å²) in [7, 11) is 0. The second-order valence-electron chi connectivity index (χ2n) is 6.05. The van der Waals surface area contributed by atoms with E-state index in [1.807, 2.05) is 18.2 Å². The van der Waals surface area contributed by atoms with E-state index in [1.165, 1.54) is 25.7 Å². The summed E-state index contributed by atoms with van der Waals surface area (Å²) in [4.78, 5) is 4.68. The average Bonchev–Trinajstić information content (AvgIpc) is 2.83. The Morgan fingerprint density at radius 3 is 2.85 bits per heavy atom. The van der Waals surface area contributed by atoms with Gasteiger partial charge in [0.1, 0.15) is 0 Å². The molecule has 1 aromatic carbocycles. The molecule has 2 nitrogen and oxygen atoms in total. The minimum absolute atomic E-state index is 0.558. The van der Waals surface area contributed by atoms with Crippen LogP contribution in [0.5, 0.6) is 0 Å². The Hall–Kier alpha value is -0.800. The van der Waals surface area contributed by atoms with Crippen LogP contribution in [0.2, 0.25) is 5.02 Å². The molecule has 108 valence electrons. The zero-order chi connectivity index (χ0) is 14.1. The minimum atomic E-state index is 0.558. The van der Waals surface area contributed by atoms with Crippen LogP contribution in [0.25, 0.3) is 10.2 Å². The van der Waals surface area contributed by atoms with E-state index < -0.39 is 0 Å². The molecule has 1 aliphatic carbocycles. The first-order valence-corrected chi connectivity index (χ1v) is 8.66. The fourth-order valence-corrected chi connectivity index (χ4v) is 4.49. The van der Waals surface area contributed by atoms with Crippen LogP contribution in [0.3, 0.4) is 0 Å². The Morgan fingerprint density at radius 1 is 1.30 bits per heavy atom. The van der Waals surface area contributed by atoms with Gasteiger partial charge in [0.2, 0.25) is 0 Å². The van der Waals surface area contributed by atoms with Crippen molar-refractivity contribution in [2.45, 2.75) is 45.6 Å². The van der Waals surface area contributed by atoms with Gasteiger partial charge in [-0.15, -0.1) is 0 Å². The van der Waals surface area contributed by atoms with Gasteiger partial charge in [-0.05, 0) is 36.8 Å². The number of aromatic nitrogens is 1. The molecule has 2 aromatic rings. The van der Waals surface area contributed by atoms with Gasteiger partial charge in [-0.25, -0.2) is 4.98 Å². The van der Waals surface area contributed by atoms with E-state index in [0.29, 0.717) is 6.04 Å². The molecule has 1 saturated carbocycles. The van der Waals surface area contributed by atoms with Crippen molar-refractivity contribution in [2.24, 2.45) is 11.8 Å². The third kappa shape index (κ3) is 2.79. The van der Waals surface area contributed by atoms with E-state index in [4.69, 9.17) is 11.6 Å². The molecule has 0 saturated heterocycles. The Kier molecular flexibility index (Phi) is 4.18. The number of nitrogens with one attached hydrogen (secondary N) is 1. The molecule has 1 aliphatic rings. The molecule has 2 unspecified atom stereocenters. The zero-order valence-corrected chi connectivity index (χ0v) is 13.6. The highest BCUT2D eigenvalue weighted by molar-refractivity contribution is 7.22. The smallest absolute Gasteiger partial charge is 0.184 e. The predicted molar refractivity (Wildman–Crippen MR) is 88.8 cm³/mol. The van der Waals surface area contributed by atoms with Gasteiger partial charge in [0, 0.05) is 6.04 Å². The highest BCUT2D eigenvalue weighted by atomic mass is 35.5. The molecule has 3 rings (SSSR count). The topological polar surface area (TPSA) is 24.9 Å². The van der Waals surface area contributed by atoms with Gasteiger partial charge in [-0.1, -0.05) is 55.7 Å². The van der Waals surface area contributed by atoms with Gasteiger partial charge in [-0.2, -0.15) is 0 Å². The van der Waals surface area contributed by atoms with Gasteiger partial charge in [-0.3, -0.25) is 0 Å². The average molecular weight is 309 g/mol. The monoisotopic (exact) mass is 308 g/mol. The molecular formula is C16H21ClN2S. The van der Waals surface area contributed by atoms with Gasteiger partial charge in [0.05, 0.1) is 15.2 Å². The molecular weight excluding hydrogens is 288 g/mol. The normalized spacial score (nSPS) is 23.4. The Morgan fingerprint density at radius 2 is 2.10 bits per heavy atom. The van der Waals surface area contributed by atoms with Crippen molar-refractivity contribution >= 4 is 38.3 Å². The molecule has 2 atom stereocenters. The minimum Gasteiger partial charge on any atom is -0.358 e.